The van der Waals surface area contributed by atoms with Gasteiger partial charge in [0, 0.05) is 10.6 Å². The van der Waals surface area contributed by atoms with Crippen LogP contribution in [0.2, 0.25) is 5.02 Å². The molecular formula is C18H14ClNO4. The molecule has 1 atom stereocenters. The summed E-state index contributed by atoms with van der Waals surface area (Å²) in [5.74, 6) is -1.64. The van der Waals surface area contributed by atoms with Gasteiger partial charge in [-0.1, -0.05) is 41.9 Å². The minimum Gasteiger partial charge on any atom is -0.459 e. The van der Waals surface area contributed by atoms with Crippen molar-refractivity contribution in [1.82, 2.24) is 4.90 Å². The number of benzene rings is 2. The summed E-state index contributed by atoms with van der Waals surface area (Å²) in [6, 6.07) is 12.5. The summed E-state index contributed by atoms with van der Waals surface area (Å²) in [5.41, 5.74) is 1.25. The number of amides is 2. The van der Waals surface area contributed by atoms with Gasteiger partial charge in [-0.3, -0.25) is 14.5 Å². The number of ether oxygens (including phenoxy) is 1. The first-order valence-corrected chi connectivity index (χ1v) is 7.75. The Labute approximate surface area is 143 Å². The molecule has 5 nitrogen and oxygen atoms in total. The lowest BCUT2D eigenvalue weighted by Gasteiger charge is -2.21. The highest BCUT2D eigenvalue weighted by atomic mass is 35.5. The highest BCUT2D eigenvalue weighted by Gasteiger charge is 2.41. The number of fused-ring (bicyclic) bond motifs is 1. The van der Waals surface area contributed by atoms with Crippen LogP contribution in [0.25, 0.3) is 0 Å². The molecule has 0 spiro atoms. The van der Waals surface area contributed by atoms with E-state index in [1.807, 2.05) is 0 Å². The summed E-state index contributed by atoms with van der Waals surface area (Å²) in [6.45, 7) is 1.45. The molecule has 0 aromatic heterocycles. The third-order valence-electron chi connectivity index (χ3n) is 3.88. The molecule has 0 bridgehead atoms. The van der Waals surface area contributed by atoms with E-state index in [4.69, 9.17) is 16.3 Å². The molecule has 122 valence electrons. The number of halogens is 1. The van der Waals surface area contributed by atoms with Crippen LogP contribution >= 0.6 is 11.6 Å². The Morgan fingerprint density at radius 1 is 1.04 bits per heavy atom. The predicted molar refractivity (Wildman–Crippen MR) is 87.7 cm³/mol. The second-order valence-corrected chi connectivity index (χ2v) is 5.81. The highest BCUT2D eigenvalue weighted by molar-refractivity contribution is 6.31. The van der Waals surface area contributed by atoms with Gasteiger partial charge in [0.15, 0.2) is 0 Å². The zero-order chi connectivity index (χ0) is 17.3. The summed E-state index contributed by atoms with van der Waals surface area (Å²) in [6.07, 6.45) is 0. The van der Waals surface area contributed by atoms with Crippen LogP contribution in [0.4, 0.5) is 0 Å². The number of nitrogens with zero attached hydrogens (tertiary/aromatic N) is 1. The van der Waals surface area contributed by atoms with Gasteiger partial charge in [-0.15, -0.1) is 0 Å². The lowest BCUT2D eigenvalue weighted by atomic mass is 10.1. The molecule has 0 aliphatic carbocycles. The molecule has 2 aromatic carbocycles. The lowest BCUT2D eigenvalue weighted by molar-refractivity contribution is -0.149. The largest absolute Gasteiger partial charge is 0.459 e. The van der Waals surface area contributed by atoms with Crippen molar-refractivity contribution in [3.8, 4) is 0 Å². The molecule has 6 heteroatoms. The number of hydrogen-bond acceptors (Lipinski definition) is 4. The molecule has 0 unspecified atom stereocenters. The number of carbonyl (C=O) groups is 3. The molecule has 0 fully saturated rings. The number of rotatable bonds is 4. The van der Waals surface area contributed by atoms with Gasteiger partial charge in [-0.05, 0) is 25.1 Å². The standard InChI is InChI=1S/C18H14ClNO4/c1-11(18(23)24-10-12-6-2-5-9-15(12)19)20-16(21)13-7-3-4-8-14(13)17(20)22/h2-9,11H,10H2,1H3/t11-/m0/s1. The third kappa shape index (κ3) is 2.78. The first kappa shape index (κ1) is 16.2. The maximum absolute atomic E-state index is 12.4. The summed E-state index contributed by atoms with van der Waals surface area (Å²) in [4.78, 5) is 37.9. The van der Waals surface area contributed by atoms with Crippen molar-refractivity contribution in [3.63, 3.8) is 0 Å². The lowest BCUT2D eigenvalue weighted by Crippen LogP contribution is -2.43. The van der Waals surface area contributed by atoms with Crippen LogP contribution in [0.1, 0.15) is 33.2 Å². The van der Waals surface area contributed by atoms with Crippen LogP contribution < -0.4 is 0 Å². The fourth-order valence-electron chi connectivity index (χ4n) is 2.55. The summed E-state index contributed by atoms with van der Waals surface area (Å²) in [7, 11) is 0. The topological polar surface area (TPSA) is 63.7 Å². The van der Waals surface area contributed by atoms with Crippen LogP contribution in [0.3, 0.4) is 0 Å². The monoisotopic (exact) mass is 343 g/mol. The molecular weight excluding hydrogens is 330 g/mol. The summed E-state index contributed by atoms with van der Waals surface area (Å²) >= 11 is 6.01. The maximum Gasteiger partial charge on any atom is 0.329 e. The Bertz CT molecular complexity index is 798. The van der Waals surface area contributed by atoms with Crippen LogP contribution in [0.15, 0.2) is 48.5 Å². The maximum atomic E-state index is 12.4. The molecule has 2 aromatic rings. The molecule has 3 rings (SSSR count). The van der Waals surface area contributed by atoms with Crippen molar-refractivity contribution in [2.45, 2.75) is 19.6 Å². The van der Waals surface area contributed by atoms with E-state index < -0.39 is 23.8 Å². The first-order chi connectivity index (χ1) is 11.5. The molecule has 1 aliphatic rings. The molecule has 1 aliphatic heterocycles. The van der Waals surface area contributed by atoms with E-state index in [-0.39, 0.29) is 6.61 Å². The average Bonchev–Trinajstić information content (AvgIpc) is 2.85. The molecule has 2 amide bonds. The Morgan fingerprint density at radius 3 is 2.17 bits per heavy atom. The molecule has 1 heterocycles. The molecule has 24 heavy (non-hydrogen) atoms. The number of imide groups is 1. The van der Waals surface area contributed by atoms with Gasteiger partial charge < -0.3 is 4.74 Å². The molecule has 0 radical (unpaired) electrons. The summed E-state index contributed by atoms with van der Waals surface area (Å²) < 4.78 is 5.21. The zero-order valence-electron chi connectivity index (χ0n) is 12.9. The minimum atomic E-state index is -1.01. The van der Waals surface area contributed by atoms with Crippen LogP contribution in [-0.2, 0) is 16.1 Å². The van der Waals surface area contributed by atoms with Crippen LogP contribution in [0, 0.1) is 0 Å². The van der Waals surface area contributed by atoms with Crippen molar-refractivity contribution in [2.24, 2.45) is 0 Å². The number of hydrogen-bond donors (Lipinski definition) is 0. The number of carbonyl (C=O) groups excluding carboxylic acids is 3. The first-order valence-electron chi connectivity index (χ1n) is 7.37. The number of esters is 1. The highest BCUT2D eigenvalue weighted by Crippen LogP contribution is 2.25. The third-order valence-corrected chi connectivity index (χ3v) is 4.25. The van der Waals surface area contributed by atoms with Gasteiger partial charge in [0.2, 0.25) is 0 Å². The second-order valence-electron chi connectivity index (χ2n) is 5.40. The van der Waals surface area contributed by atoms with E-state index in [0.29, 0.717) is 21.7 Å². The van der Waals surface area contributed by atoms with Crippen molar-refractivity contribution in [1.29, 1.82) is 0 Å². The fourth-order valence-corrected chi connectivity index (χ4v) is 2.74. The van der Waals surface area contributed by atoms with Gasteiger partial charge in [0.1, 0.15) is 12.6 Å². The molecule has 0 saturated heterocycles. The van der Waals surface area contributed by atoms with Crippen LogP contribution in [0.5, 0.6) is 0 Å². The smallest absolute Gasteiger partial charge is 0.329 e. The van der Waals surface area contributed by atoms with Gasteiger partial charge in [-0.25, -0.2) is 4.79 Å². The van der Waals surface area contributed by atoms with Crippen molar-refractivity contribution < 1.29 is 19.1 Å². The molecule has 0 N–H and O–H groups in total. The van der Waals surface area contributed by atoms with Gasteiger partial charge >= 0.3 is 5.97 Å². The summed E-state index contributed by atoms with van der Waals surface area (Å²) in [5, 5.41) is 0.485. The van der Waals surface area contributed by atoms with Gasteiger partial charge in [0.05, 0.1) is 11.1 Å². The van der Waals surface area contributed by atoms with E-state index in [1.54, 1.807) is 48.5 Å². The van der Waals surface area contributed by atoms with E-state index in [2.05, 4.69) is 0 Å². The zero-order valence-corrected chi connectivity index (χ0v) is 13.6. The van der Waals surface area contributed by atoms with E-state index in [0.717, 1.165) is 4.90 Å². The van der Waals surface area contributed by atoms with Crippen LogP contribution in [-0.4, -0.2) is 28.7 Å². The van der Waals surface area contributed by atoms with E-state index in [1.165, 1.54) is 6.92 Å². The average molecular weight is 344 g/mol. The Morgan fingerprint density at radius 2 is 1.58 bits per heavy atom. The fraction of sp³-hybridized carbons (Fsp3) is 0.167. The van der Waals surface area contributed by atoms with Crippen molar-refractivity contribution in [3.05, 3.63) is 70.2 Å². The van der Waals surface area contributed by atoms with Crippen molar-refractivity contribution in [2.75, 3.05) is 0 Å². The Balaban J connectivity index is 1.72. The quantitative estimate of drug-likeness (QED) is 0.632. The Kier molecular flexibility index (Phi) is 4.36. The predicted octanol–water partition coefficient (Wildman–Crippen LogP) is 3.07. The minimum absolute atomic E-state index is 0.0218. The van der Waals surface area contributed by atoms with Gasteiger partial charge in [0.25, 0.3) is 11.8 Å². The Hall–Kier alpha value is -2.66. The molecule has 0 saturated carbocycles. The normalized spacial score (nSPS) is 14.5. The van der Waals surface area contributed by atoms with E-state index >= 15 is 0 Å². The van der Waals surface area contributed by atoms with E-state index in [9.17, 15) is 14.4 Å². The SMILES string of the molecule is C[C@@H](C(=O)OCc1ccccc1Cl)N1C(=O)c2ccccc2C1=O. The van der Waals surface area contributed by atoms with Crippen molar-refractivity contribution >= 4 is 29.4 Å². The second kappa shape index (κ2) is 6.45. The van der Waals surface area contributed by atoms with Gasteiger partial charge in [-0.2, -0.15) is 0 Å².